The molecule has 0 saturated heterocycles. The number of fused-ring (bicyclic) bond motifs is 1. The molecule has 0 spiro atoms. The van der Waals surface area contributed by atoms with Crippen molar-refractivity contribution in [3.63, 3.8) is 0 Å². The third kappa shape index (κ3) is 1.98. The van der Waals surface area contributed by atoms with Gasteiger partial charge in [0.05, 0.1) is 7.11 Å². The fourth-order valence-corrected chi connectivity index (χ4v) is 2.44. The summed E-state index contributed by atoms with van der Waals surface area (Å²) in [6, 6.07) is 7.64. The van der Waals surface area contributed by atoms with Gasteiger partial charge >= 0.3 is 0 Å². The molecule has 1 aliphatic carbocycles. The lowest BCUT2D eigenvalue weighted by atomic mass is 10.1. The van der Waals surface area contributed by atoms with Crippen molar-refractivity contribution < 1.29 is 4.84 Å². The van der Waals surface area contributed by atoms with Crippen LogP contribution in [0, 0.1) is 0 Å². The van der Waals surface area contributed by atoms with Crippen molar-refractivity contribution in [2.75, 3.05) is 7.11 Å². The van der Waals surface area contributed by atoms with Gasteiger partial charge in [-0.2, -0.15) is 5.48 Å². The highest BCUT2D eigenvalue weighted by Gasteiger charge is 2.32. The van der Waals surface area contributed by atoms with Crippen LogP contribution in [0.15, 0.2) is 18.2 Å². The van der Waals surface area contributed by atoms with E-state index < -0.39 is 0 Å². The molecule has 0 atom stereocenters. The maximum absolute atomic E-state index is 4.87. The van der Waals surface area contributed by atoms with Crippen molar-refractivity contribution in [3.8, 4) is 0 Å². The fraction of sp³-hybridized carbons (Fsp3) is 0.538. The van der Waals surface area contributed by atoms with Gasteiger partial charge in [0.1, 0.15) is 0 Å². The van der Waals surface area contributed by atoms with Crippen LogP contribution in [-0.4, -0.2) is 18.1 Å². The van der Waals surface area contributed by atoms with Crippen LogP contribution in [0.4, 0.5) is 0 Å². The summed E-state index contributed by atoms with van der Waals surface area (Å²) < 4.78 is 0. The molecule has 86 valence electrons. The molecule has 0 radical (unpaired) electrons. The Morgan fingerprint density at radius 3 is 2.88 bits per heavy atom. The molecule has 1 aromatic rings. The maximum Gasteiger partial charge on any atom is 0.0572 e. The third-order valence-electron chi connectivity index (χ3n) is 3.50. The highest BCUT2D eigenvalue weighted by atomic mass is 16.6. The number of nitrogens with zero attached hydrogens (tertiary/aromatic N) is 1. The molecule has 1 aromatic carbocycles. The van der Waals surface area contributed by atoms with Crippen molar-refractivity contribution in [2.45, 2.75) is 38.5 Å². The summed E-state index contributed by atoms with van der Waals surface area (Å²) in [6.45, 7) is 3.08. The first kappa shape index (κ1) is 10.3. The van der Waals surface area contributed by atoms with Gasteiger partial charge in [-0.1, -0.05) is 18.2 Å². The number of rotatable bonds is 4. The molecule has 3 rings (SSSR count). The number of benzene rings is 1. The molecule has 1 N–H and O–H groups in total. The first-order valence-electron chi connectivity index (χ1n) is 5.97. The summed E-state index contributed by atoms with van der Waals surface area (Å²) in [6.07, 6.45) is 2.79. The van der Waals surface area contributed by atoms with E-state index in [2.05, 4.69) is 28.6 Å². The predicted molar refractivity (Wildman–Crippen MR) is 62.6 cm³/mol. The molecule has 0 amide bonds. The average molecular weight is 218 g/mol. The molecule has 0 aromatic heterocycles. The summed E-state index contributed by atoms with van der Waals surface area (Å²) >= 11 is 0. The van der Waals surface area contributed by atoms with E-state index in [1.807, 2.05) is 0 Å². The summed E-state index contributed by atoms with van der Waals surface area (Å²) in [5.41, 5.74) is 7.20. The Labute approximate surface area is 96.4 Å². The van der Waals surface area contributed by atoms with Gasteiger partial charge in [0, 0.05) is 25.7 Å². The van der Waals surface area contributed by atoms with Crippen LogP contribution in [0.5, 0.6) is 0 Å². The van der Waals surface area contributed by atoms with E-state index in [0.29, 0.717) is 0 Å². The highest BCUT2D eigenvalue weighted by molar-refractivity contribution is 5.35. The monoisotopic (exact) mass is 218 g/mol. The minimum atomic E-state index is 0.785. The summed E-state index contributed by atoms with van der Waals surface area (Å²) in [5, 5.41) is 0. The second kappa shape index (κ2) is 4.17. The number of nitrogens with one attached hydrogen (secondary N) is 1. The van der Waals surface area contributed by atoms with E-state index in [4.69, 9.17) is 4.84 Å². The predicted octanol–water partition coefficient (Wildman–Crippen LogP) is 1.82. The Balaban J connectivity index is 1.72. The van der Waals surface area contributed by atoms with Crippen LogP contribution in [0.3, 0.4) is 0 Å². The zero-order valence-corrected chi connectivity index (χ0v) is 9.70. The number of hydrogen-bond acceptors (Lipinski definition) is 3. The van der Waals surface area contributed by atoms with Crippen molar-refractivity contribution in [2.24, 2.45) is 0 Å². The van der Waals surface area contributed by atoms with Gasteiger partial charge in [-0.15, -0.1) is 0 Å². The highest BCUT2D eigenvalue weighted by Crippen LogP contribution is 2.34. The average Bonchev–Trinajstić information content (AvgIpc) is 3.06. The zero-order chi connectivity index (χ0) is 11.0. The second-order valence-electron chi connectivity index (χ2n) is 4.76. The van der Waals surface area contributed by atoms with Gasteiger partial charge in [-0.05, 0) is 29.5 Å². The SMILES string of the molecule is CONCc1ccc2c(c1)CN(C1CC1)C2. The van der Waals surface area contributed by atoms with Crippen LogP contribution < -0.4 is 5.48 Å². The molecule has 3 nitrogen and oxygen atoms in total. The molecule has 0 bridgehead atoms. The molecule has 16 heavy (non-hydrogen) atoms. The Morgan fingerprint density at radius 1 is 1.31 bits per heavy atom. The summed E-state index contributed by atoms with van der Waals surface area (Å²) in [5.74, 6) is 0. The number of hydrogen-bond donors (Lipinski definition) is 1. The molecule has 3 heteroatoms. The van der Waals surface area contributed by atoms with E-state index in [1.165, 1.54) is 29.5 Å². The summed E-state index contributed by atoms with van der Waals surface area (Å²) in [7, 11) is 1.65. The Hall–Kier alpha value is -0.900. The fourth-order valence-electron chi connectivity index (χ4n) is 2.44. The van der Waals surface area contributed by atoms with E-state index in [1.54, 1.807) is 7.11 Å². The third-order valence-corrected chi connectivity index (χ3v) is 3.50. The lowest BCUT2D eigenvalue weighted by Gasteiger charge is -2.11. The van der Waals surface area contributed by atoms with Crippen molar-refractivity contribution in [1.29, 1.82) is 0 Å². The smallest absolute Gasteiger partial charge is 0.0572 e. The molecule has 1 heterocycles. The van der Waals surface area contributed by atoms with Crippen molar-refractivity contribution in [3.05, 3.63) is 34.9 Å². The Morgan fingerprint density at radius 2 is 2.12 bits per heavy atom. The first-order valence-corrected chi connectivity index (χ1v) is 5.97. The van der Waals surface area contributed by atoms with E-state index >= 15 is 0 Å². The van der Waals surface area contributed by atoms with Crippen molar-refractivity contribution >= 4 is 0 Å². The normalized spacial score (nSPS) is 20.1. The van der Waals surface area contributed by atoms with Gasteiger partial charge in [-0.3, -0.25) is 4.90 Å². The van der Waals surface area contributed by atoms with Crippen LogP contribution in [0.1, 0.15) is 29.5 Å². The number of hydroxylamine groups is 1. The van der Waals surface area contributed by atoms with Crippen LogP contribution in [0.2, 0.25) is 0 Å². The maximum atomic E-state index is 4.87. The second-order valence-corrected chi connectivity index (χ2v) is 4.76. The lowest BCUT2D eigenvalue weighted by Crippen LogP contribution is -2.18. The minimum absolute atomic E-state index is 0.785. The molecule has 2 aliphatic rings. The van der Waals surface area contributed by atoms with Crippen LogP contribution in [0.25, 0.3) is 0 Å². The van der Waals surface area contributed by atoms with Gasteiger partial charge in [0.25, 0.3) is 0 Å². The topological polar surface area (TPSA) is 24.5 Å². The zero-order valence-electron chi connectivity index (χ0n) is 9.70. The first-order chi connectivity index (χ1) is 7.86. The van der Waals surface area contributed by atoms with E-state index in [0.717, 1.165) is 25.7 Å². The largest absolute Gasteiger partial charge is 0.305 e. The van der Waals surface area contributed by atoms with Crippen LogP contribution >= 0.6 is 0 Å². The van der Waals surface area contributed by atoms with Gasteiger partial charge in [-0.25, -0.2) is 0 Å². The molecular weight excluding hydrogens is 200 g/mol. The molecular formula is C13H18N2O. The molecule has 1 aliphatic heterocycles. The molecule has 0 unspecified atom stereocenters. The minimum Gasteiger partial charge on any atom is -0.305 e. The molecule has 1 fully saturated rings. The Kier molecular flexibility index (Phi) is 2.67. The van der Waals surface area contributed by atoms with Gasteiger partial charge in [0.2, 0.25) is 0 Å². The lowest BCUT2D eigenvalue weighted by molar-refractivity contribution is 0.0867. The van der Waals surface area contributed by atoms with Gasteiger partial charge < -0.3 is 4.84 Å². The summed E-state index contributed by atoms with van der Waals surface area (Å²) in [4.78, 5) is 7.47. The van der Waals surface area contributed by atoms with E-state index in [-0.39, 0.29) is 0 Å². The molecule has 1 saturated carbocycles. The standard InChI is InChI=1S/C13H18N2O/c1-16-14-7-10-2-3-11-8-15(13-4-5-13)9-12(11)6-10/h2-3,6,13-14H,4-5,7-9H2,1H3. The quantitative estimate of drug-likeness (QED) is 0.780. The van der Waals surface area contributed by atoms with Crippen LogP contribution in [-0.2, 0) is 24.5 Å². The van der Waals surface area contributed by atoms with Crippen molar-refractivity contribution in [1.82, 2.24) is 10.4 Å². The van der Waals surface area contributed by atoms with Gasteiger partial charge in [0.15, 0.2) is 0 Å². The Bertz CT molecular complexity index is 388. The van der Waals surface area contributed by atoms with E-state index in [9.17, 15) is 0 Å².